The minimum atomic E-state index is -0.790. The standard InChI is InChI=1S/C8H8BrNO2S/c9-6-1-2-7(10-3-6)4-13-5-8(11)12/h1-3H,4-5H2,(H,11,12). The van der Waals surface area contributed by atoms with Gasteiger partial charge in [-0.25, -0.2) is 0 Å². The molecule has 0 radical (unpaired) electrons. The van der Waals surface area contributed by atoms with E-state index in [1.54, 1.807) is 6.20 Å². The lowest BCUT2D eigenvalue weighted by molar-refractivity contribution is -0.133. The van der Waals surface area contributed by atoms with Crippen LogP contribution in [0.5, 0.6) is 0 Å². The van der Waals surface area contributed by atoms with Crippen molar-refractivity contribution in [3.63, 3.8) is 0 Å². The second-order valence-electron chi connectivity index (χ2n) is 2.35. The highest BCUT2D eigenvalue weighted by atomic mass is 79.9. The molecule has 0 bridgehead atoms. The summed E-state index contributed by atoms with van der Waals surface area (Å²) in [5.74, 6) is -0.0285. The van der Waals surface area contributed by atoms with Crippen molar-refractivity contribution in [2.24, 2.45) is 0 Å². The van der Waals surface area contributed by atoms with Gasteiger partial charge < -0.3 is 5.11 Å². The number of nitrogens with zero attached hydrogens (tertiary/aromatic N) is 1. The molecule has 0 saturated carbocycles. The van der Waals surface area contributed by atoms with Gasteiger partial charge >= 0.3 is 5.97 Å². The number of halogens is 1. The first kappa shape index (κ1) is 10.5. The van der Waals surface area contributed by atoms with E-state index in [2.05, 4.69) is 20.9 Å². The van der Waals surface area contributed by atoms with Gasteiger partial charge in [0.15, 0.2) is 0 Å². The van der Waals surface area contributed by atoms with E-state index < -0.39 is 5.97 Å². The van der Waals surface area contributed by atoms with Crippen LogP contribution in [-0.4, -0.2) is 21.8 Å². The van der Waals surface area contributed by atoms with Crippen molar-refractivity contribution in [2.75, 3.05) is 5.75 Å². The van der Waals surface area contributed by atoms with E-state index in [4.69, 9.17) is 5.11 Å². The molecule has 0 fully saturated rings. The number of aliphatic carboxylic acids is 1. The molecule has 1 heterocycles. The van der Waals surface area contributed by atoms with Crippen molar-refractivity contribution in [1.82, 2.24) is 4.98 Å². The van der Waals surface area contributed by atoms with Crippen molar-refractivity contribution in [3.05, 3.63) is 28.5 Å². The zero-order valence-corrected chi connectivity index (χ0v) is 9.14. The highest BCUT2D eigenvalue weighted by Crippen LogP contribution is 2.12. The third-order valence-electron chi connectivity index (χ3n) is 1.26. The van der Waals surface area contributed by atoms with E-state index >= 15 is 0 Å². The van der Waals surface area contributed by atoms with Gasteiger partial charge in [-0.3, -0.25) is 9.78 Å². The maximum atomic E-state index is 10.2. The van der Waals surface area contributed by atoms with Crippen LogP contribution in [0.3, 0.4) is 0 Å². The van der Waals surface area contributed by atoms with Crippen molar-refractivity contribution in [1.29, 1.82) is 0 Å². The summed E-state index contributed by atoms with van der Waals surface area (Å²) in [6, 6.07) is 3.77. The van der Waals surface area contributed by atoms with Crippen LogP contribution in [0.1, 0.15) is 5.69 Å². The number of carboxylic acids is 1. The van der Waals surface area contributed by atoms with Crippen LogP contribution in [0.2, 0.25) is 0 Å². The van der Waals surface area contributed by atoms with Gasteiger partial charge in [0.2, 0.25) is 0 Å². The first-order valence-corrected chi connectivity index (χ1v) is 5.53. The predicted molar refractivity (Wildman–Crippen MR) is 55.7 cm³/mol. The largest absolute Gasteiger partial charge is 0.481 e. The average molecular weight is 262 g/mol. The van der Waals surface area contributed by atoms with Crippen molar-refractivity contribution in [3.8, 4) is 0 Å². The minimum Gasteiger partial charge on any atom is -0.481 e. The van der Waals surface area contributed by atoms with Crippen molar-refractivity contribution < 1.29 is 9.90 Å². The molecule has 1 N–H and O–H groups in total. The van der Waals surface area contributed by atoms with Gasteiger partial charge in [0, 0.05) is 16.4 Å². The molecule has 0 aliphatic rings. The molecule has 0 aliphatic heterocycles. The van der Waals surface area contributed by atoms with Gasteiger partial charge in [0.1, 0.15) is 0 Å². The number of pyridine rings is 1. The molecule has 13 heavy (non-hydrogen) atoms. The SMILES string of the molecule is O=C(O)CSCc1ccc(Br)cn1. The number of hydrogen-bond acceptors (Lipinski definition) is 3. The summed E-state index contributed by atoms with van der Waals surface area (Å²) in [6.45, 7) is 0. The lowest BCUT2D eigenvalue weighted by atomic mass is 10.4. The molecule has 70 valence electrons. The summed E-state index contributed by atoms with van der Waals surface area (Å²) in [4.78, 5) is 14.3. The van der Waals surface area contributed by atoms with E-state index in [-0.39, 0.29) is 5.75 Å². The fraction of sp³-hybridized carbons (Fsp3) is 0.250. The number of carboxylic acid groups (broad SMARTS) is 1. The first-order chi connectivity index (χ1) is 6.18. The molecule has 0 aliphatic carbocycles. The minimum absolute atomic E-state index is 0.123. The molecule has 1 rings (SSSR count). The Morgan fingerprint density at radius 3 is 2.92 bits per heavy atom. The lowest BCUT2D eigenvalue weighted by Gasteiger charge is -1.98. The molecule has 5 heteroatoms. The normalized spacial score (nSPS) is 9.92. The molecule has 0 unspecified atom stereocenters. The molecule has 0 atom stereocenters. The van der Waals surface area contributed by atoms with Gasteiger partial charge in [-0.05, 0) is 28.1 Å². The second kappa shape index (κ2) is 5.24. The molecule has 0 spiro atoms. The second-order valence-corrected chi connectivity index (χ2v) is 4.26. The molecular formula is C8H8BrNO2S. The molecule has 3 nitrogen and oxygen atoms in total. The third kappa shape index (κ3) is 4.28. The van der Waals surface area contributed by atoms with Gasteiger partial charge in [0.25, 0.3) is 0 Å². The van der Waals surface area contributed by atoms with E-state index in [0.717, 1.165) is 10.2 Å². The zero-order valence-electron chi connectivity index (χ0n) is 6.74. The molecule has 1 aromatic rings. The summed E-state index contributed by atoms with van der Waals surface area (Å²) >= 11 is 4.62. The Morgan fingerprint density at radius 2 is 2.38 bits per heavy atom. The summed E-state index contributed by atoms with van der Waals surface area (Å²) in [7, 11) is 0. The fourth-order valence-electron chi connectivity index (χ4n) is 0.735. The number of thioether (sulfide) groups is 1. The molecular weight excluding hydrogens is 254 g/mol. The topological polar surface area (TPSA) is 50.2 Å². The van der Waals surface area contributed by atoms with Crippen LogP contribution in [0.15, 0.2) is 22.8 Å². The summed E-state index contributed by atoms with van der Waals surface area (Å²) in [5, 5.41) is 8.39. The zero-order chi connectivity index (χ0) is 9.68. The third-order valence-corrected chi connectivity index (χ3v) is 2.68. The number of aromatic nitrogens is 1. The van der Waals surface area contributed by atoms with Crippen molar-refractivity contribution >= 4 is 33.7 Å². The number of carbonyl (C=O) groups is 1. The molecule has 1 aromatic heterocycles. The van der Waals surface area contributed by atoms with E-state index in [1.807, 2.05) is 12.1 Å². The monoisotopic (exact) mass is 261 g/mol. The van der Waals surface area contributed by atoms with Crippen LogP contribution in [0, 0.1) is 0 Å². The van der Waals surface area contributed by atoms with Crippen LogP contribution >= 0.6 is 27.7 Å². The summed E-state index contributed by atoms with van der Waals surface area (Å²) in [6.07, 6.45) is 1.71. The van der Waals surface area contributed by atoms with Gasteiger partial charge in [0.05, 0.1) is 11.4 Å². The molecule has 0 aromatic carbocycles. The van der Waals surface area contributed by atoms with Crippen LogP contribution in [-0.2, 0) is 10.5 Å². The van der Waals surface area contributed by atoms with Gasteiger partial charge in [-0.2, -0.15) is 0 Å². The summed E-state index contributed by atoms with van der Waals surface area (Å²) in [5.41, 5.74) is 0.898. The smallest absolute Gasteiger partial charge is 0.313 e. The summed E-state index contributed by atoms with van der Waals surface area (Å²) < 4.78 is 0.930. The Kier molecular flexibility index (Phi) is 4.24. The van der Waals surface area contributed by atoms with Gasteiger partial charge in [-0.1, -0.05) is 0 Å². The van der Waals surface area contributed by atoms with Gasteiger partial charge in [-0.15, -0.1) is 11.8 Å². The highest BCUT2D eigenvalue weighted by Gasteiger charge is 1.98. The Bertz CT molecular complexity index is 289. The molecule has 0 saturated heterocycles. The van der Waals surface area contributed by atoms with E-state index in [0.29, 0.717) is 5.75 Å². The van der Waals surface area contributed by atoms with E-state index in [9.17, 15) is 4.79 Å². The predicted octanol–water partition coefficient (Wildman–Crippen LogP) is 2.16. The van der Waals surface area contributed by atoms with Crippen LogP contribution in [0.4, 0.5) is 0 Å². The van der Waals surface area contributed by atoms with E-state index in [1.165, 1.54) is 11.8 Å². The van der Waals surface area contributed by atoms with Crippen LogP contribution in [0.25, 0.3) is 0 Å². The Balaban J connectivity index is 2.37. The number of hydrogen-bond donors (Lipinski definition) is 1. The number of rotatable bonds is 4. The van der Waals surface area contributed by atoms with Crippen LogP contribution < -0.4 is 0 Å². The Morgan fingerprint density at radius 1 is 1.62 bits per heavy atom. The lowest BCUT2D eigenvalue weighted by Crippen LogP contribution is -1.98. The average Bonchev–Trinajstić information content (AvgIpc) is 2.08. The Labute approximate surface area is 88.7 Å². The highest BCUT2D eigenvalue weighted by molar-refractivity contribution is 9.10. The molecule has 0 amide bonds. The van der Waals surface area contributed by atoms with Crippen molar-refractivity contribution in [2.45, 2.75) is 5.75 Å². The Hall–Kier alpha value is -0.550. The maximum Gasteiger partial charge on any atom is 0.313 e. The quantitative estimate of drug-likeness (QED) is 0.903. The first-order valence-electron chi connectivity index (χ1n) is 3.58. The maximum absolute atomic E-state index is 10.2. The fourth-order valence-corrected chi connectivity index (χ4v) is 1.63.